The highest BCUT2D eigenvalue weighted by molar-refractivity contribution is 7.47. The van der Waals surface area contributed by atoms with Crippen molar-refractivity contribution in [1.29, 1.82) is 0 Å². The normalized spacial score (nSPS) is 13.8. The summed E-state index contributed by atoms with van der Waals surface area (Å²) in [5, 5.41) is 10.6. The van der Waals surface area contributed by atoms with Crippen LogP contribution in [-0.2, 0) is 65.4 Å². The lowest BCUT2D eigenvalue weighted by Crippen LogP contribution is -2.30. The molecule has 0 amide bonds. The lowest BCUT2D eigenvalue weighted by Gasteiger charge is -2.21. The predicted octanol–water partition coefficient (Wildman–Crippen LogP) is 25.6. The Morgan fingerprint density at radius 3 is 0.660 bits per heavy atom. The van der Waals surface area contributed by atoms with Crippen molar-refractivity contribution in [1.82, 2.24) is 0 Å². The molecular weight excluding hydrogens is 1340 g/mol. The van der Waals surface area contributed by atoms with Gasteiger partial charge in [0.1, 0.15) is 19.3 Å². The van der Waals surface area contributed by atoms with Crippen LogP contribution in [0.1, 0.15) is 452 Å². The molecular formula is C84H164O17P2. The maximum absolute atomic E-state index is 13.1. The quantitative estimate of drug-likeness (QED) is 0.0222. The molecule has 17 nitrogen and oxygen atoms in total. The molecule has 0 aromatic rings. The fourth-order valence-electron chi connectivity index (χ4n) is 13.1. The Morgan fingerprint density at radius 1 is 0.262 bits per heavy atom. The molecule has 0 spiro atoms. The van der Waals surface area contributed by atoms with E-state index in [0.717, 1.165) is 102 Å². The first-order valence-corrected chi connectivity index (χ1v) is 46.6. The lowest BCUT2D eigenvalue weighted by atomic mass is 10.0. The van der Waals surface area contributed by atoms with Crippen molar-refractivity contribution in [2.24, 2.45) is 5.92 Å². The average molecular weight is 1510 g/mol. The van der Waals surface area contributed by atoms with E-state index in [0.29, 0.717) is 25.7 Å². The number of unbranched alkanes of at least 4 members (excludes halogenated alkanes) is 56. The van der Waals surface area contributed by atoms with Crippen molar-refractivity contribution >= 4 is 39.5 Å². The minimum atomic E-state index is -4.96. The first kappa shape index (κ1) is 101. The van der Waals surface area contributed by atoms with Crippen molar-refractivity contribution in [2.75, 3.05) is 39.6 Å². The summed E-state index contributed by atoms with van der Waals surface area (Å²) in [5.41, 5.74) is 0. The van der Waals surface area contributed by atoms with Gasteiger partial charge in [-0.15, -0.1) is 0 Å². The van der Waals surface area contributed by atoms with Gasteiger partial charge < -0.3 is 33.8 Å². The molecule has 2 unspecified atom stereocenters. The van der Waals surface area contributed by atoms with E-state index in [1.807, 2.05) is 0 Å². The maximum atomic E-state index is 13.1. The Bertz CT molecular complexity index is 1960. The van der Waals surface area contributed by atoms with Crippen LogP contribution in [0, 0.1) is 5.92 Å². The molecule has 0 saturated carbocycles. The van der Waals surface area contributed by atoms with Crippen LogP contribution >= 0.6 is 15.6 Å². The number of aliphatic hydroxyl groups is 1. The Morgan fingerprint density at radius 2 is 0.447 bits per heavy atom. The Hall–Kier alpha value is -1.94. The molecule has 3 N–H and O–H groups in total. The largest absolute Gasteiger partial charge is 0.472 e. The molecule has 0 saturated heterocycles. The number of esters is 4. The third kappa shape index (κ3) is 78.0. The number of carbonyl (C=O) groups excluding carboxylic acids is 4. The van der Waals surface area contributed by atoms with Gasteiger partial charge in [0.2, 0.25) is 0 Å². The smallest absolute Gasteiger partial charge is 0.462 e. The highest BCUT2D eigenvalue weighted by atomic mass is 31.2. The van der Waals surface area contributed by atoms with Crippen molar-refractivity contribution in [3.05, 3.63) is 0 Å². The van der Waals surface area contributed by atoms with E-state index in [4.69, 9.17) is 37.0 Å². The van der Waals surface area contributed by atoms with Gasteiger partial charge in [0.25, 0.3) is 0 Å². The van der Waals surface area contributed by atoms with Gasteiger partial charge in [0.05, 0.1) is 26.4 Å². The van der Waals surface area contributed by atoms with Gasteiger partial charge in [-0.25, -0.2) is 9.13 Å². The second-order valence-electron chi connectivity index (χ2n) is 30.7. The summed E-state index contributed by atoms with van der Waals surface area (Å²) in [6.45, 7) is 7.28. The number of hydrogen-bond acceptors (Lipinski definition) is 15. The van der Waals surface area contributed by atoms with Gasteiger partial charge in [-0.1, -0.05) is 401 Å². The molecule has 19 heteroatoms. The molecule has 0 aromatic heterocycles. The van der Waals surface area contributed by atoms with Crippen molar-refractivity contribution in [3.63, 3.8) is 0 Å². The molecule has 0 aliphatic carbocycles. The zero-order valence-electron chi connectivity index (χ0n) is 67.5. The number of carbonyl (C=O) groups is 4. The van der Waals surface area contributed by atoms with E-state index in [2.05, 4.69) is 34.6 Å². The van der Waals surface area contributed by atoms with Crippen LogP contribution in [0.5, 0.6) is 0 Å². The zero-order chi connectivity index (χ0) is 75.5. The summed E-state index contributed by atoms with van der Waals surface area (Å²) in [6, 6.07) is 0. The number of phosphoric ester groups is 2. The first-order valence-electron chi connectivity index (χ1n) is 43.6. The molecule has 0 bridgehead atoms. The monoisotopic (exact) mass is 1510 g/mol. The fraction of sp³-hybridized carbons (Fsp3) is 0.952. The molecule has 5 atom stereocenters. The highest BCUT2D eigenvalue weighted by Gasteiger charge is 2.30. The van der Waals surface area contributed by atoms with E-state index >= 15 is 0 Å². The summed E-state index contributed by atoms with van der Waals surface area (Å²) < 4.78 is 68.6. The molecule has 612 valence electrons. The number of aliphatic hydroxyl groups excluding tert-OH is 1. The van der Waals surface area contributed by atoms with Crippen LogP contribution in [0.15, 0.2) is 0 Å². The number of phosphoric acid groups is 2. The van der Waals surface area contributed by atoms with Crippen molar-refractivity contribution in [3.8, 4) is 0 Å². The van der Waals surface area contributed by atoms with Gasteiger partial charge >= 0.3 is 39.5 Å². The third-order valence-electron chi connectivity index (χ3n) is 19.8. The predicted molar refractivity (Wildman–Crippen MR) is 423 cm³/mol. The summed E-state index contributed by atoms with van der Waals surface area (Å²) in [4.78, 5) is 72.8. The van der Waals surface area contributed by atoms with Crippen LogP contribution in [0.2, 0.25) is 0 Å². The second kappa shape index (κ2) is 76.8. The fourth-order valence-corrected chi connectivity index (χ4v) is 14.7. The topological polar surface area (TPSA) is 237 Å². The molecule has 0 aliphatic rings. The Balaban J connectivity index is 5.10. The van der Waals surface area contributed by atoms with Crippen molar-refractivity contribution in [2.45, 2.75) is 470 Å². The number of hydrogen-bond donors (Lipinski definition) is 3. The van der Waals surface area contributed by atoms with E-state index in [1.165, 1.54) is 270 Å². The molecule has 0 fully saturated rings. The van der Waals surface area contributed by atoms with E-state index in [-0.39, 0.29) is 25.7 Å². The molecule has 0 radical (unpaired) electrons. The molecule has 0 heterocycles. The van der Waals surface area contributed by atoms with Crippen LogP contribution < -0.4 is 0 Å². The van der Waals surface area contributed by atoms with E-state index in [1.54, 1.807) is 0 Å². The van der Waals surface area contributed by atoms with Gasteiger partial charge in [-0.3, -0.25) is 37.3 Å². The van der Waals surface area contributed by atoms with Crippen LogP contribution in [0.4, 0.5) is 0 Å². The summed E-state index contributed by atoms with van der Waals surface area (Å²) in [7, 11) is -9.91. The second-order valence-corrected chi connectivity index (χ2v) is 33.6. The number of rotatable bonds is 84. The summed E-state index contributed by atoms with van der Waals surface area (Å²) in [5.74, 6) is -1.32. The summed E-state index contributed by atoms with van der Waals surface area (Å²) in [6.07, 6.45) is 70.0. The molecule has 103 heavy (non-hydrogen) atoms. The summed E-state index contributed by atoms with van der Waals surface area (Å²) >= 11 is 0. The first-order chi connectivity index (χ1) is 50.0. The van der Waals surface area contributed by atoms with Gasteiger partial charge in [-0.05, 0) is 31.6 Å². The van der Waals surface area contributed by atoms with E-state index in [9.17, 15) is 43.2 Å². The van der Waals surface area contributed by atoms with Crippen LogP contribution in [0.25, 0.3) is 0 Å². The number of ether oxygens (including phenoxy) is 4. The average Bonchev–Trinajstić information content (AvgIpc) is 0.974. The standard InChI is InChI=1S/C84H164O17P2/c1-6-9-12-15-17-19-21-23-25-27-29-31-33-35-37-42-46-50-54-59-65-70-84(89)101-80(74-95-82(87)68-63-58-53-49-45-41-36-34-32-30-28-26-24-22-20-18-16-13-10-7-2)76-99-103(92,93)97-72-78(85)71-96-102(90,91)98-75-79(73-94-81(86)67-62-56-14-11-8-3)100-83(88)69-64-60-55-51-47-43-39-38-40-44-48-52-57-61-66-77(4)5/h77-80,85H,6-76H2,1-5H3,(H,90,91)(H,92,93)/t78-,79+,80+/m0/s1. The minimum absolute atomic E-state index is 0.107. The Labute approximate surface area is 632 Å². The molecule has 0 aliphatic heterocycles. The third-order valence-corrected chi connectivity index (χ3v) is 21.7. The zero-order valence-corrected chi connectivity index (χ0v) is 69.3. The SMILES string of the molecule is CCCCCCCCCCCCCCCCCCCCCCCC(=O)O[C@H](COC(=O)CCCCCCCCCCCCCCCCCCCCCC)COP(=O)(O)OC[C@@H](O)COP(=O)(O)OC[C@@H](COC(=O)CCCCCCC)OC(=O)CCCCCCCCCCCCCCCCC(C)C. The lowest BCUT2D eigenvalue weighted by molar-refractivity contribution is -0.161. The van der Waals surface area contributed by atoms with Crippen molar-refractivity contribution < 1.29 is 80.2 Å². The molecule has 0 rings (SSSR count). The highest BCUT2D eigenvalue weighted by Crippen LogP contribution is 2.45. The van der Waals surface area contributed by atoms with Gasteiger partial charge in [0.15, 0.2) is 12.2 Å². The van der Waals surface area contributed by atoms with E-state index < -0.39 is 97.5 Å². The minimum Gasteiger partial charge on any atom is -0.462 e. The van der Waals surface area contributed by atoms with Gasteiger partial charge in [-0.2, -0.15) is 0 Å². The maximum Gasteiger partial charge on any atom is 0.472 e. The van der Waals surface area contributed by atoms with Gasteiger partial charge in [0, 0.05) is 25.7 Å². The Kier molecular flexibility index (Phi) is 75.4. The molecule has 0 aromatic carbocycles. The van der Waals surface area contributed by atoms with Crippen LogP contribution in [-0.4, -0.2) is 96.7 Å². The van der Waals surface area contributed by atoms with Crippen LogP contribution in [0.3, 0.4) is 0 Å².